The Morgan fingerprint density at radius 2 is 1.86 bits per heavy atom. The number of benzene rings is 1. The van der Waals surface area contributed by atoms with Crippen LogP contribution in [0.1, 0.15) is 22.8 Å². The highest BCUT2D eigenvalue weighted by Crippen LogP contribution is 2.15. The van der Waals surface area contributed by atoms with Gasteiger partial charge in [0.15, 0.2) is 11.8 Å². The Kier molecular flexibility index (Phi) is 10.2. The summed E-state index contributed by atoms with van der Waals surface area (Å²) in [7, 11) is 1.66. The van der Waals surface area contributed by atoms with Crippen molar-refractivity contribution in [1.29, 1.82) is 0 Å². The van der Waals surface area contributed by atoms with E-state index in [-0.39, 0.29) is 30.6 Å². The maximum Gasteiger partial charge on any atom is 0.411 e. The third-order valence-electron chi connectivity index (χ3n) is 3.44. The molecule has 0 aliphatic carbocycles. The average molecular weight is 513 g/mol. The minimum absolute atomic E-state index is 0. The molecular formula is C17H23F3IN5O2. The fourth-order valence-corrected chi connectivity index (χ4v) is 2.17. The first-order valence-corrected chi connectivity index (χ1v) is 8.32. The van der Waals surface area contributed by atoms with Crippen molar-refractivity contribution in [2.24, 2.45) is 4.99 Å². The number of hydrogen-bond acceptors (Lipinski definition) is 5. The van der Waals surface area contributed by atoms with Gasteiger partial charge in [-0.15, -0.1) is 24.0 Å². The van der Waals surface area contributed by atoms with E-state index in [1.807, 2.05) is 12.1 Å². The maximum absolute atomic E-state index is 12.1. The van der Waals surface area contributed by atoms with Crippen LogP contribution in [0.2, 0.25) is 0 Å². The molecule has 0 fully saturated rings. The van der Waals surface area contributed by atoms with E-state index >= 15 is 0 Å². The van der Waals surface area contributed by atoms with Crippen LogP contribution in [-0.2, 0) is 24.3 Å². The zero-order valence-corrected chi connectivity index (χ0v) is 17.9. The molecule has 1 heterocycles. The highest BCUT2D eigenvalue weighted by atomic mass is 127. The van der Waals surface area contributed by atoms with Gasteiger partial charge in [0.25, 0.3) is 0 Å². The molecule has 0 bridgehead atoms. The van der Waals surface area contributed by atoms with E-state index in [0.29, 0.717) is 42.7 Å². The lowest BCUT2D eigenvalue weighted by atomic mass is 10.1. The molecule has 7 nitrogen and oxygen atoms in total. The van der Waals surface area contributed by atoms with Crippen LogP contribution in [0, 0.1) is 6.92 Å². The Bertz CT molecular complexity index is 735. The lowest BCUT2D eigenvalue weighted by molar-refractivity contribution is -0.176. The van der Waals surface area contributed by atoms with Crippen molar-refractivity contribution in [3.8, 4) is 0 Å². The summed E-state index contributed by atoms with van der Waals surface area (Å²) in [6.45, 7) is 1.53. The number of nitrogens with zero attached hydrogens (tertiary/aromatic N) is 3. The van der Waals surface area contributed by atoms with Crippen LogP contribution in [0.3, 0.4) is 0 Å². The Hall–Kier alpha value is -1.89. The first-order valence-electron chi connectivity index (χ1n) is 8.32. The van der Waals surface area contributed by atoms with Crippen LogP contribution in [0.5, 0.6) is 0 Å². The van der Waals surface area contributed by atoms with Gasteiger partial charge < -0.3 is 19.9 Å². The number of hydrogen-bond donors (Lipinski definition) is 2. The van der Waals surface area contributed by atoms with E-state index in [2.05, 4.69) is 30.5 Å². The number of aliphatic imine (C=N–C) groups is 1. The van der Waals surface area contributed by atoms with E-state index < -0.39 is 12.8 Å². The monoisotopic (exact) mass is 513 g/mol. The third-order valence-corrected chi connectivity index (χ3v) is 3.44. The third kappa shape index (κ3) is 9.35. The summed E-state index contributed by atoms with van der Waals surface area (Å²) in [5.74, 6) is 1.77. The molecule has 28 heavy (non-hydrogen) atoms. The largest absolute Gasteiger partial charge is 0.411 e. The van der Waals surface area contributed by atoms with Crippen molar-refractivity contribution in [3.63, 3.8) is 0 Å². The van der Waals surface area contributed by atoms with Gasteiger partial charge in [-0.2, -0.15) is 18.2 Å². The number of aromatic nitrogens is 2. The van der Waals surface area contributed by atoms with Gasteiger partial charge in [-0.1, -0.05) is 29.4 Å². The summed E-state index contributed by atoms with van der Waals surface area (Å²) in [5, 5.41) is 10.0. The highest BCUT2D eigenvalue weighted by Gasteiger charge is 2.27. The van der Waals surface area contributed by atoms with Gasteiger partial charge in [0.1, 0.15) is 6.61 Å². The lowest BCUT2D eigenvalue weighted by Crippen LogP contribution is -2.37. The molecule has 2 aromatic rings. The quantitative estimate of drug-likeness (QED) is 0.321. The van der Waals surface area contributed by atoms with Crippen LogP contribution in [0.4, 0.5) is 13.2 Å². The van der Waals surface area contributed by atoms with Crippen LogP contribution in [-0.4, -0.2) is 42.5 Å². The Labute approximate surface area is 178 Å². The normalized spacial score (nSPS) is 11.8. The number of rotatable bonds is 8. The van der Waals surface area contributed by atoms with Gasteiger partial charge in [0, 0.05) is 26.6 Å². The number of guanidine groups is 1. The standard InChI is InChI=1S/C17H22F3N5O2.HI/c1-12-24-15(27-25-12)7-8-22-16(21-2)23-9-13-3-5-14(6-4-13)10-26-11-17(18,19)20;/h3-6H,7-11H2,1-2H3,(H2,21,22,23);1H. The first kappa shape index (κ1) is 24.1. The van der Waals surface area contributed by atoms with Crippen molar-refractivity contribution in [2.75, 3.05) is 20.2 Å². The number of aryl methyl sites for hydroxylation is 1. The SMILES string of the molecule is CN=C(NCCc1nc(C)no1)NCc1ccc(COCC(F)(F)F)cc1.I. The molecule has 0 radical (unpaired) electrons. The molecular weight excluding hydrogens is 490 g/mol. The summed E-state index contributed by atoms with van der Waals surface area (Å²) in [6.07, 6.45) is -3.73. The fraction of sp³-hybridized carbons (Fsp3) is 0.471. The Morgan fingerprint density at radius 3 is 2.43 bits per heavy atom. The van der Waals surface area contributed by atoms with Gasteiger partial charge >= 0.3 is 6.18 Å². The van der Waals surface area contributed by atoms with Crippen LogP contribution < -0.4 is 10.6 Å². The highest BCUT2D eigenvalue weighted by molar-refractivity contribution is 14.0. The molecule has 0 spiro atoms. The van der Waals surface area contributed by atoms with Crippen LogP contribution in [0.15, 0.2) is 33.8 Å². The molecule has 0 aliphatic rings. The molecule has 1 aromatic carbocycles. The molecule has 0 atom stereocenters. The molecule has 0 amide bonds. The zero-order valence-electron chi connectivity index (χ0n) is 15.5. The second-order valence-corrected chi connectivity index (χ2v) is 5.76. The molecule has 156 valence electrons. The summed E-state index contributed by atoms with van der Waals surface area (Å²) in [4.78, 5) is 8.24. The zero-order chi connectivity index (χ0) is 19.7. The minimum atomic E-state index is -4.31. The number of halogens is 4. The summed E-state index contributed by atoms with van der Waals surface area (Å²) >= 11 is 0. The van der Waals surface area contributed by atoms with Crippen molar-refractivity contribution in [2.45, 2.75) is 32.7 Å². The van der Waals surface area contributed by atoms with Crippen LogP contribution in [0.25, 0.3) is 0 Å². The molecule has 0 saturated carbocycles. The van der Waals surface area contributed by atoms with Crippen molar-refractivity contribution < 1.29 is 22.4 Å². The van der Waals surface area contributed by atoms with E-state index in [1.54, 1.807) is 26.1 Å². The van der Waals surface area contributed by atoms with Gasteiger partial charge in [-0.25, -0.2) is 0 Å². The molecule has 1 aromatic heterocycles. The minimum Gasteiger partial charge on any atom is -0.367 e. The molecule has 11 heteroatoms. The smallest absolute Gasteiger partial charge is 0.367 e. The van der Waals surface area contributed by atoms with Crippen molar-refractivity contribution >= 4 is 29.9 Å². The van der Waals surface area contributed by atoms with Crippen molar-refractivity contribution in [1.82, 2.24) is 20.8 Å². The maximum atomic E-state index is 12.1. The van der Waals surface area contributed by atoms with E-state index in [4.69, 9.17) is 4.52 Å². The predicted molar refractivity (Wildman–Crippen MR) is 109 cm³/mol. The van der Waals surface area contributed by atoms with E-state index in [1.165, 1.54) is 0 Å². The number of alkyl halides is 3. The summed E-state index contributed by atoms with van der Waals surface area (Å²) in [5.41, 5.74) is 1.64. The molecule has 0 unspecified atom stereocenters. The summed E-state index contributed by atoms with van der Waals surface area (Å²) in [6, 6.07) is 7.13. The van der Waals surface area contributed by atoms with Gasteiger partial charge in [0.2, 0.25) is 5.89 Å². The van der Waals surface area contributed by atoms with Gasteiger partial charge in [0.05, 0.1) is 6.61 Å². The molecule has 2 rings (SSSR count). The number of nitrogens with one attached hydrogen (secondary N) is 2. The Morgan fingerprint density at radius 1 is 1.18 bits per heavy atom. The van der Waals surface area contributed by atoms with E-state index in [9.17, 15) is 13.2 Å². The summed E-state index contributed by atoms with van der Waals surface area (Å²) < 4.78 is 45.8. The first-order chi connectivity index (χ1) is 12.9. The molecule has 0 saturated heterocycles. The van der Waals surface area contributed by atoms with Crippen molar-refractivity contribution in [3.05, 3.63) is 47.1 Å². The van der Waals surface area contributed by atoms with E-state index in [0.717, 1.165) is 5.56 Å². The predicted octanol–water partition coefficient (Wildman–Crippen LogP) is 2.98. The average Bonchev–Trinajstić information content (AvgIpc) is 3.03. The molecule has 0 aliphatic heterocycles. The second-order valence-electron chi connectivity index (χ2n) is 5.76. The topological polar surface area (TPSA) is 84.6 Å². The van der Waals surface area contributed by atoms with Gasteiger partial charge in [-0.05, 0) is 18.1 Å². The second kappa shape index (κ2) is 11.8. The fourth-order valence-electron chi connectivity index (χ4n) is 2.17. The molecule has 2 N–H and O–H groups in total. The number of ether oxygens (including phenoxy) is 1. The van der Waals surface area contributed by atoms with Crippen LogP contribution >= 0.6 is 24.0 Å². The Balaban J connectivity index is 0.00000392. The lowest BCUT2D eigenvalue weighted by Gasteiger charge is -2.12. The van der Waals surface area contributed by atoms with Gasteiger partial charge in [-0.3, -0.25) is 4.99 Å².